The Hall–Kier alpha value is -3.19. The van der Waals surface area contributed by atoms with E-state index in [2.05, 4.69) is 22.3 Å². The molecular weight excluding hydrogens is 380 g/mol. The number of carbonyl (C=O) groups excluding carboxylic acids is 1. The summed E-state index contributed by atoms with van der Waals surface area (Å²) in [7, 11) is 1.69. The number of carbonyl (C=O) groups is 1. The maximum absolute atomic E-state index is 13.0. The van der Waals surface area contributed by atoms with Crippen molar-refractivity contribution >= 4 is 5.91 Å². The molecule has 0 radical (unpaired) electrons. The van der Waals surface area contributed by atoms with E-state index in [0.717, 1.165) is 30.7 Å². The number of likely N-dealkylation sites (tertiary alicyclic amines) is 1. The van der Waals surface area contributed by atoms with E-state index in [1.807, 2.05) is 39.8 Å². The molecular formula is C23H24N4O3. The Kier molecular flexibility index (Phi) is 4.75. The summed E-state index contributed by atoms with van der Waals surface area (Å²) in [6.45, 7) is 2.06. The fourth-order valence-electron chi connectivity index (χ4n) is 4.56. The van der Waals surface area contributed by atoms with E-state index in [9.17, 15) is 4.79 Å². The first-order chi connectivity index (χ1) is 14.7. The summed E-state index contributed by atoms with van der Waals surface area (Å²) in [4.78, 5) is 15.0. The summed E-state index contributed by atoms with van der Waals surface area (Å²) in [5.74, 6) is 0.944. The number of aromatic nitrogens is 3. The fraction of sp³-hybridized carbons (Fsp3) is 0.348. The molecule has 7 nitrogen and oxygen atoms in total. The Labute approximate surface area is 175 Å². The van der Waals surface area contributed by atoms with Gasteiger partial charge in [-0.05, 0) is 66.8 Å². The van der Waals surface area contributed by atoms with Crippen LogP contribution in [-0.2, 0) is 16.8 Å². The summed E-state index contributed by atoms with van der Waals surface area (Å²) < 4.78 is 13.5. The van der Waals surface area contributed by atoms with Crippen molar-refractivity contribution in [2.75, 3.05) is 26.8 Å². The van der Waals surface area contributed by atoms with Gasteiger partial charge in [0.25, 0.3) is 5.91 Å². The molecule has 154 valence electrons. The van der Waals surface area contributed by atoms with Gasteiger partial charge < -0.3 is 14.4 Å². The second kappa shape index (κ2) is 7.57. The van der Waals surface area contributed by atoms with Gasteiger partial charge in [0, 0.05) is 24.3 Å². The summed E-state index contributed by atoms with van der Waals surface area (Å²) in [5.41, 5.74) is 3.87. The van der Waals surface area contributed by atoms with E-state index in [1.54, 1.807) is 19.8 Å². The molecule has 7 heteroatoms. The number of rotatable bonds is 3. The highest BCUT2D eigenvalue weighted by atomic mass is 16.5. The van der Waals surface area contributed by atoms with Crippen LogP contribution in [0.15, 0.2) is 55.1 Å². The van der Waals surface area contributed by atoms with Crippen LogP contribution in [0, 0.1) is 0 Å². The topological polar surface area (TPSA) is 69.5 Å². The molecule has 2 aliphatic heterocycles. The highest BCUT2D eigenvalue weighted by molar-refractivity contribution is 5.94. The molecule has 1 saturated heterocycles. The number of nitrogens with zero attached hydrogens (tertiary/aromatic N) is 4. The predicted molar refractivity (Wildman–Crippen MR) is 111 cm³/mol. The normalized spacial score (nSPS) is 17.6. The molecule has 0 aliphatic carbocycles. The quantitative estimate of drug-likeness (QED) is 0.671. The van der Waals surface area contributed by atoms with Gasteiger partial charge in [0.1, 0.15) is 18.4 Å². The van der Waals surface area contributed by atoms with Gasteiger partial charge in [0.15, 0.2) is 0 Å². The number of hydrogen-bond donors (Lipinski definition) is 0. The van der Waals surface area contributed by atoms with Gasteiger partial charge in [-0.3, -0.25) is 9.36 Å². The van der Waals surface area contributed by atoms with Gasteiger partial charge in [-0.25, -0.2) is 0 Å². The van der Waals surface area contributed by atoms with E-state index in [0.29, 0.717) is 25.3 Å². The molecule has 1 fully saturated rings. The van der Waals surface area contributed by atoms with Crippen LogP contribution in [0.2, 0.25) is 0 Å². The van der Waals surface area contributed by atoms with Crippen LogP contribution in [0.5, 0.6) is 5.75 Å². The van der Waals surface area contributed by atoms with Crippen LogP contribution in [0.25, 0.3) is 5.69 Å². The van der Waals surface area contributed by atoms with Crippen LogP contribution in [0.3, 0.4) is 0 Å². The lowest BCUT2D eigenvalue weighted by Gasteiger charge is -2.45. The summed E-state index contributed by atoms with van der Waals surface area (Å²) in [6.07, 6.45) is 5.78. The molecule has 5 rings (SSSR count). The second-order valence-electron chi connectivity index (χ2n) is 7.82. The molecule has 3 aromatic rings. The molecule has 0 saturated carbocycles. The molecule has 0 atom stereocenters. The van der Waals surface area contributed by atoms with Crippen molar-refractivity contribution < 1.29 is 14.3 Å². The van der Waals surface area contributed by atoms with E-state index >= 15 is 0 Å². The SMILES string of the molecule is COc1ccc2c(c1)CCOC21CCN(C(=O)c2ccc(-n3cnnc3)cc2)CC1. The number of ether oxygens (including phenoxy) is 2. The average Bonchev–Trinajstić information content (AvgIpc) is 3.34. The Morgan fingerprint density at radius 1 is 1.07 bits per heavy atom. The van der Waals surface area contributed by atoms with Crippen LogP contribution in [0.4, 0.5) is 0 Å². The van der Waals surface area contributed by atoms with Crippen molar-refractivity contribution in [2.24, 2.45) is 0 Å². The first-order valence-electron chi connectivity index (χ1n) is 10.2. The highest BCUT2D eigenvalue weighted by Gasteiger charge is 2.41. The molecule has 3 heterocycles. The minimum atomic E-state index is -0.297. The molecule has 0 bridgehead atoms. The lowest BCUT2D eigenvalue weighted by molar-refractivity contribution is -0.0935. The van der Waals surface area contributed by atoms with Gasteiger partial charge in [0.2, 0.25) is 0 Å². The Balaban J connectivity index is 1.30. The molecule has 1 spiro atoms. The molecule has 30 heavy (non-hydrogen) atoms. The van der Waals surface area contributed by atoms with Gasteiger partial charge in [-0.15, -0.1) is 10.2 Å². The van der Waals surface area contributed by atoms with Crippen LogP contribution in [0.1, 0.15) is 34.3 Å². The van der Waals surface area contributed by atoms with E-state index < -0.39 is 0 Å². The maximum Gasteiger partial charge on any atom is 0.253 e. The monoisotopic (exact) mass is 404 g/mol. The molecule has 2 aliphatic rings. The largest absolute Gasteiger partial charge is 0.497 e. The molecule has 1 aromatic heterocycles. The summed E-state index contributed by atoms with van der Waals surface area (Å²) in [5, 5.41) is 7.63. The van der Waals surface area contributed by atoms with Gasteiger partial charge >= 0.3 is 0 Å². The van der Waals surface area contributed by atoms with Gasteiger partial charge in [-0.2, -0.15) is 0 Å². The van der Waals surface area contributed by atoms with Gasteiger partial charge in [0.05, 0.1) is 19.3 Å². The minimum absolute atomic E-state index is 0.0610. The van der Waals surface area contributed by atoms with Crippen molar-refractivity contribution in [1.29, 1.82) is 0 Å². The standard InChI is InChI=1S/C23H24N4O3/c1-29-20-6-7-21-18(14-20)8-13-30-23(21)9-11-26(12-10-23)22(28)17-2-4-19(5-3-17)27-15-24-25-16-27/h2-7,14-16H,8-13H2,1H3. The zero-order valence-electron chi connectivity index (χ0n) is 17.0. The van der Waals surface area contributed by atoms with Crippen molar-refractivity contribution in [1.82, 2.24) is 19.7 Å². The van der Waals surface area contributed by atoms with Crippen molar-refractivity contribution in [2.45, 2.75) is 24.9 Å². The molecule has 2 aromatic carbocycles. The van der Waals surface area contributed by atoms with E-state index in [4.69, 9.17) is 9.47 Å². The van der Waals surface area contributed by atoms with Crippen molar-refractivity contribution in [3.8, 4) is 11.4 Å². The average molecular weight is 404 g/mol. The lowest BCUT2D eigenvalue weighted by Crippen LogP contribution is -2.48. The number of piperidine rings is 1. The third-order valence-corrected chi connectivity index (χ3v) is 6.24. The van der Waals surface area contributed by atoms with Gasteiger partial charge in [-0.1, -0.05) is 6.07 Å². The minimum Gasteiger partial charge on any atom is -0.497 e. The van der Waals surface area contributed by atoms with Crippen LogP contribution < -0.4 is 4.74 Å². The molecule has 0 N–H and O–H groups in total. The Morgan fingerprint density at radius 2 is 1.80 bits per heavy atom. The first kappa shape index (κ1) is 18.8. The number of benzene rings is 2. The second-order valence-corrected chi connectivity index (χ2v) is 7.82. The fourth-order valence-corrected chi connectivity index (χ4v) is 4.56. The zero-order chi connectivity index (χ0) is 20.6. The van der Waals surface area contributed by atoms with Crippen molar-refractivity contribution in [3.63, 3.8) is 0 Å². The highest BCUT2D eigenvalue weighted by Crippen LogP contribution is 2.42. The summed E-state index contributed by atoms with van der Waals surface area (Å²) in [6, 6.07) is 13.8. The van der Waals surface area contributed by atoms with Crippen LogP contribution >= 0.6 is 0 Å². The third-order valence-electron chi connectivity index (χ3n) is 6.24. The maximum atomic E-state index is 13.0. The van der Waals surface area contributed by atoms with Crippen LogP contribution in [-0.4, -0.2) is 52.4 Å². The third kappa shape index (κ3) is 3.25. The Morgan fingerprint density at radius 3 is 2.50 bits per heavy atom. The summed E-state index contributed by atoms with van der Waals surface area (Å²) >= 11 is 0. The number of amides is 1. The molecule has 0 unspecified atom stereocenters. The first-order valence-corrected chi connectivity index (χ1v) is 10.2. The number of methoxy groups -OCH3 is 1. The number of hydrogen-bond acceptors (Lipinski definition) is 5. The molecule has 1 amide bonds. The number of fused-ring (bicyclic) bond motifs is 2. The van der Waals surface area contributed by atoms with Crippen molar-refractivity contribution in [3.05, 3.63) is 71.8 Å². The van der Waals surface area contributed by atoms with E-state index in [1.165, 1.54) is 11.1 Å². The zero-order valence-corrected chi connectivity index (χ0v) is 17.0. The van der Waals surface area contributed by atoms with E-state index in [-0.39, 0.29) is 11.5 Å². The smallest absolute Gasteiger partial charge is 0.253 e. The Bertz CT molecular complexity index is 1040. The predicted octanol–water partition coefficient (Wildman–Crippen LogP) is 2.98. The lowest BCUT2D eigenvalue weighted by atomic mass is 9.79.